The van der Waals surface area contributed by atoms with Crippen LogP contribution in [0.1, 0.15) is 5.56 Å². The summed E-state index contributed by atoms with van der Waals surface area (Å²) in [4.78, 5) is 22.6. The lowest BCUT2D eigenvalue weighted by Crippen LogP contribution is -2.56. The van der Waals surface area contributed by atoms with Crippen LogP contribution in [-0.2, 0) is 11.3 Å². The molecule has 0 saturated heterocycles. The zero-order chi connectivity index (χ0) is 21.4. The maximum Gasteiger partial charge on any atom is 0.409 e. The van der Waals surface area contributed by atoms with Gasteiger partial charge >= 0.3 is 6.09 Å². The number of rotatable bonds is 6. The van der Waals surface area contributed by atoms with E-state index >= 15 is 0 Å². The van der Waals surface area contributed by atoms with Gasteiger partial charge in [0.2, 0.25) is 3.79 Å². The fourth-order valence-electron chi connectivity index (χ4n) is 2.11. The van der Waals surface area contributed by atoms with Crippen molar-refractivity contribution in [2.75, 3.05) is 5.32 Å². The molecule has 3 N–H and O–H groups in total. The number of amides is 1. The summed E-state index contributed by atoms with van der Waals surface area (Å²) < 4.78 is 3.09. The van der Waals surface area contributed by atoms with Crippen molar-refractivity contribution in [3.05, 3.63) is 70.3 Å². The molecule has 2 aromatic carbocycles. The van der Waals surface area contributed by atoms with E-state index in [0.717, 1.165) is 5.56 Å². The molecule has 0 bridgehead atoms. The number of carbonyl (C=O) groups excluding carboxylic acids is 1. The summed E-state index contributed by atoms with van der Waals surface area (Å²) in [5.41, 5.74) is 0.705. The number of ether oxygens (including phenoxy) is 1. The molecule has 0 fully saturated rings. The first-order valence-corrected chi connectivity index (χ1v) is 9.56. The third-order valence-electron chi connectivity index (χ3n) is 3.43. The van der Waals surface area contributed by atoms with Gasteiger partial charge in [0.25, 0.3) is 5.69 Å². The van der Waals surface area contributed by atoms with E-state index in [1.165, 1.54) is 18.2 Å². The Kier molecular flexibility index (Phi) is 8.27. The molecule has 0 aliphatic rings. The number of alkyl carbamates (subject to hydrolysis) is 1. The maximum absolute atomic E-state index is 12.1. The van der Waals surface area contributed by atoms with Crippen molar-refractivity contribution in [2.24, 2.45) is 0 Å². The molecular weight excluding hydrogens is 463 g/mol. The lowest BCUT2D eigenvalue weighted by Gasteiger charge is -2.27. The fourth-order valence-corrected chi connectivity index (χ4v) is 2.67. The van der Waals surface area contributed by atoms with Gasteiger partial charge in [-0.15, -0.1) is 0 Å². The number of alkyl halides is 3. The Morgan fingerprint density at radius 2 is 1.72 bits per heavy atom. The molecule has 0 saturated carbocycles. The summed E-state index contributed by atoms with van der Waals surface area (Å²) in [5.74, 6) is 0. The number of carbonyl (C=O) groups is 1. The Morgan fingerprint density at radius 1 is 1.10 bits per heavy atom. The SMILES string of the molecule is O=C(N[C@@H](NC(=S)Nc1ccccc1[N+](=O)[O-])C(Cl)(Cl)Cl)OCc1ccccc1. The Labute approximate surface area is 186 Å². The van der Waals surface area contributed by atoms with Gasteiger partial charge in [0.05, 0.1) is 4.92 Å². The van der Waals surface area contributed by atoms with Crippen molar-refractivity contribution >= 4 is 69.6 Å². The largest absolute Gasteiger partial charge is 0.445 e. The average Bonchev–Trinajstić information content (AvgIpc) is 2.66. The zero-order valence-corrected chi connectivity index (χ0v) is 17.7. The van der Waals surface area contributed by atoms with Crippen LogP contribution in [0.25, 0.3) is 0 Å². The number of nitrogens with zero attached hydrogens (tertiary/aromatic N) is 1. The van der Waals surface area contributed by atoms with Crippen LogP contribution in [0.4, 0.5) is 16.2 Å². The van der Waals surface area contributed by atoms with Crippen molar-refractivity contribution < 1.29 is 14.5 Å². The molecular formula is C17H15Cl3N4O4S. The van der Waals surface area contributed by atoms with Gasteiger partial charge in [-0.05, 0) is 23.8 Å². The van der Waals surface area contributed by atoms with Crippen molar-refractivity contribution in [3.63, 3.8) is 0 Å². The number of para-hydroxylation sites is 2. The van der Waals surface area contributed by atoms with Crippen LogP contribution < -0.4 is 16.0 Å². The maximum atomic E-state index is 12.1. The van der Waals surface area contributed by atoms with Crippen molar-refractivity contribution in [2.45, 2.75) is 16.6 Å². The van der Waals surface area contributed by atoms with E-state index in [2.05, 4.69) is 16.0 Å². The topological polar surface area (TPSA) is 106 Å². The zero-order valence-electron chi connectivity index (χ0n) is 14.6. The Balaban J connectivity index is 1.99. The molecule has 0 aliphatic heterocycles. The number of nitro benzene ring substituents is 1. The van der Waals surface area contributed by atoms with E-state index in [-0.39, 0.29) is 23.1 Å². The molecule has 0 heterocycles. The quantitative estimate of drug-likeness (QED) is 0.185. The van der Waals surface area contributed by atoms with Crippen LogP contribution in [-0.4, -0.2) is 26.1 Å². The van der Waals surface area contributed by atoms with Gasteiger partial charge in [-0.1, -0.05) is 77.3 Å². The van der Waals surface area contributed by atoms with Gasteiger partial charge in [0.1, 0.15) is 12.3 Å². The van der Waals surface area contributed by atoms with Gasteiger partial charge in [-0.2, -0.15) is 0 Å². The van der Waals surface area contributed by atoms with Crippen molar-refractivity contribution in [3.8, 4) is 0 Å². The summed E-state index contributed by atoms with van der Waals surface area (Å²) >= 11 is 22.8. The molecule has 1 atom stereocenters. The number of nitro groups is 1. The minimum absolute atomic E-state index is 0.0121. The van der Waals surface area contributed by atoms with Crippen molar-refractivity contribution in [1.82, 2.24) is 10.6 Å². The first kappa shape index (κ1) is 23.0. The first-order chi connectivity index (χ1) is 13.7. The number of nitrogens with one attached hydrogen (secondary N) is 3. The molecule has 0 spiro atoms. The molecule has 0 unspecified atom stereocenters. The highest BCUT2D eigenvalue weighted by atomic mass is 35.6. The Bertz CT molecular complexity index is 880. The highest BCUT2D eigenvalue weighted by Crippen LogP contribution is 2.29. The van der Waals surface area contributed by atoms with E-state index in [1.807, 2.05) is 6.07 Å². The lowest BCUT2D eigenvalue weighted by atomic mass is 10.2. The summed E-state index contributed by atoms with van der Waals surface area (Å²) in [6.07, 6.45) is -2.13. The molecule has 1 amide bonds. The molecule has 8 nitrogen and oxygen atoms in total. The second-order valence-corrected chi connectivity index (χ2v) is 8.33. The predicted molar refractivity (Wildman–Crippen MR) is 116 cm³/mol. The van der Waals surface area contributed by atoms with E-state index in [9.17, 15) is 14.9 Å². The summed E-state index contributed by atoms with van der Waals surface area (Å²) in [6.45, 7) is 0.0121. The minimum atomic E-state index is -2.00. The number of halogens is 3. The van der Waals surface area contributed by atoms with E-state index in [1.54, 1.807) is 30.3 Å². The van der Waals surface area contributed by atoms with Crippen LogP contribution in [0, 0.1) is 10.1 Å². The molecule has 2 aromatic rings. The van der Waals surface area contributed by atoms with Gasteiger partial charge in [0, 0.05) is 6.07 Å². The van der Waals surface area contributed by atoms with Crippen LogP contribution in [0.3, 0.4) is 0 Å². The molecule has 29 heavy (non-hydrogen) atoms. The predicted octanol–water partition coefficient (Wildman–Crippen LogP) is 4.50. The molecule has 0 radical (unpaired) electrons. The summed E-state index contributed by atoms with van der Waals surface area (Å²) in [7, 11) is 0. The Hall–Kier alpha value is -2.33. The van der Waals surface area contributed by atoms with E-state index in [4.69, 9.17) is 51.8 Å². The molecule has 0 aliphatic carbocycles. The van der Waals surface area contributed by atoms with Crippen molar-refractivity contribution in [1.29, 1.82) is 0 Å². The van der Waals surface area contributed by atoms with Gasteiger partial charge in [-0.25, -0.2) is 4.79 Å². The third kappa shape index (κ3) is 7.54. The number of thiocarbonyl (C=S) groups is 1. The third-order valence-corrected chi connectivity index (χ3v) is 4.30. The Morgan fingerprint density at radius 3 is 2.34 bits per heavy atom. The molecule has 2 rings (SSSR count). The summed E-state index contributed by atoms with van der Waals surface area (Å²) in [6, 6.07) is 14.8. The first-order valence-electron chi connectivity index (χ1n) is 8.01. The normalized spacial score (nSPS) is 11.8. The van der Waals surface area contributed by atoms with Crippen LogP contribution in [0.2, 0.25) is 0 Å². The number of anilines is 1. The molecule has 12 heteroatoms. The number of hydrogen-bond acceptors (Lipinski definition) is 5. The second kappa shape index (κ2) is 10.4. The molecule has 154 valence electrons. The van der Waals surface area contributed by atoms with Crippen LogP contribution in [0.15, 0.2) is 54.6 Å². The monoisotopic (exact) mass is 476 g/mol. The second-order valence-electron chi connectivity index (χ2n) is 5.55. The highest BCUT2D eigenvalue weighted by Gasteiger charge is 2.35. The number of hydrogen-bond donors (Lipinski definition) is 3. The van der Waals surface area contributed by atoms with Gasteiger partial charge < -0.3 is 15.4 Å². The highest BCUT2D eigenvalue weighted by molar-refractivity contribution is 7.80. The smallest absolute Gasteiger partial charge is 0.409 e. The van der Waals surface area contributed by atoms with Gasteiger partial charge in [0.15, 0.2) is 11.3 Å². The lowest BCUT2D eigenvalue weighted by molar-refractivity contribution is -0.383. The van der Waals surface area contributed by atoms with E-state index in [0.29, 0.717) is 0 Å². The summed E-state index contributed by atoms with van der Waals surface area (Å²) in [5, 5.41) is 18.6. The fraction of sp³-hybridized carbons (Fsp3) is 0.176. The van der Waals surface area contributed by atoms with Crippen LogP contribution in [0.5, 0.6) is 0 Å². The number of benzene rings is 2. The average molecular weight is 478 g/mol. The molecule has 0 aromatic heterocycles. The van der Waals surface area contributed by atoms with E-state index < -0.39 is 21.0 Å². The standard InChI is InChI=1S/C17H15Cl3N4O4S/c18-17(19,20)14(23-16(25)28-10-11-6-2-1-3-7-11)22-15(29)21-12-8-4-5-9-13(12)24(26)27/h1-9,14H,10H2,(H,23,25)(H2,21,22,29)/t14-/m1/s1. The minimum Gasteiger partial charge on any atom is -0.445 e. The van der Waals surface area contributed by atoms with Gasteiger partial charge in [-0.3, -0.25) is 15.4 Å². The van der Waals surface area contributed by atoms with Crippen LogP contribution >= 0.6 is 47.0 Å².